The Hall–Kier alpha value is -1.79. The molecule has 2 fully saturated rings. The zero-order valence-electron chi connectivity index (χ0n) is 17.8. The maximum absolute atomic E-state index is 12.4. The zero-order chi connectivity index (χ0) is 20.7. The van der Waals surface area contributed by atoms with Crippen LogP contribution in [0.5, 0.6) is 0 Å². The molecular formula is C21H36N2O5. The minimum Gasteiger partial charge on any atom is -0.452 e. The molecule has 2 amide bonds. The van der Waals surface area contributed by atoms with E-state index in [9.17, 15) is 14.4 Å². The molecule has 1 heterocycles. The van der Waals surface area contributed by atoms with E-state index < -0.39 is 11.7 Å². The third-order valence-electron chi connectivity index (χ3n) is 5.34. The second-order valence-electron chi connectivity index (χ2n) is 9.02. The number of nitrogens with one attached hydrogen (secondary N) is 1. The van der Waals surface area contributed by atoms with Crippen LogP contribution in [0.2, 0.25) is 0 Å². The van der Waals surface area contributed by atoms with Gasteiger partial charge in [0, 0.05) is 19.1 Å². The number of carbonyl (C=O) groups is 3. The van der Waals surface area contributed by atoms with Crippen molar-refractivity contribution in [1.82, 2.24) is 10.2 Å². The number of esters is 1. The van der Waals surface area contributed by atoms with Gasteiger partial charge in [-0.05, 0) is 53.4 Å². The van der Waals surface area contributed by atoms with Crippen molar-refractivity contribution in [3.05, 3.63) is 0 Å². The molecule has 1 saturated heterocycles. The minimum atomic E-state index is -0.792. The first-order valence-electron chi connectivity index (χ1n) is 10.6. The molecule has 2 aliphatic rings. The number of nitrogens with zero attached hydrogens (tertiary/aromatic N) is 1. The summed E-state index contributed by atoms with van der Waals surface area (Å²) >= 11 is 0. The third-order valence-corrected chi connectivity index (χ3v) is 5.34. The quantitative estimate of drug-likeness (QED) is 0.581. The minimum absolute atomic E-state index is 0.188. The number of likely N-dealkylation sites (tertiary alicyclic amines) is 1. The summed E-state index contributed by atoms with van der Waals surface area (Å²) in [5, 5.41) is 3.03. The third kappa shape index (κ3) is 7.32. The van der Waals surface area contributed by atoms with Crippen LogP contribution in [-0.4, -0.2) is 53.7 Å². The van der Waals surface area contributed by atoms with Crippen LogP contribution in [-0.2, 0) is 19.1 Å². The molecule has 28 heavy (non-hydrogen) atoms. The summed E-state index contributed by atoms with van der Waals surface area (Å²) < 4.78 is 10.8. The molecule has 0 bridgehead atoms. The summed E-state index contributed by atoms with van der Waals surface area (Å²) in [6.07, 6.45) is 6.60. The Morgan fingerprint density at radius 1 is 0.964 bits per heavy atom. The van der Waals surface area contributed by atoms with E-state index in [1.54, 1.807) is 11.8 Å². The molecule has 7 heteroatoms. The molecule has 0 spiro atoms. The summed E-state index contributed by atoms with van der Waals surface area (Å²) in [7, 11) is 0. The average molecular weight is 397 g/mol. The van der Waals surface area contributed by atoms with Gasteiger partial charge in [-0.15, -0.1) is 0 Å². The highest BCUT2D eigenvalue weighted by molar-refractivity contribution is 5.84. The van der Waals surface area contributed by atoms with Gasteiger partial charge in [-0.3, -0.25) is 9.59 Å². The van der Waals surface area contributed by atoms with E-state index in [1.807, 2.05) is 20.8 Å². The molecule has 7 nitrogen and oxygen atoms in total. The number of hydrogen-bond donors (Lipinski definition) is 1. The first kappa shape index (κ1) is 22.5. The smallest absolute Gasteiger partial charge is 0.410 e. The number of carbonyl (C=O) groups excluding carboxylic acids is 3. The fourth-order valence-electron chi connectivity index (χ4n) is 3.69. The Morgan fingerprint density at radius 2 is 1.54 bits per heavy atom. The molecule has 0 radical (unpaired) electrons. The summed E-state index contributed by atoms with van der Waals surface area (Å²) in [4.78, 5) is 38.5. The number of ether oxygens (including phenoxy) is 2. The fraction of sp³-hybridized carbons (Fsp3) is 0.857. The largest absolute Gasteiger partial charge is 0.452 e. The van der Waals surface area contributed by atoms with Crippen LogP contribution in [0.3, 0.4) is 0 Å². The number of rotatable bonds is 4. The highest BCUT2D eigenvalue weighted by Gasteiger charge is 2.32. The predicted octanol–water partition coefficient (Wildman–Crippen LogP) is 3.40. The topological polar surface area (TPSA) is 84.9 Å². The zero-order valence-corrected chi connectivity index (χ0v) is 17.8. The van der Waals surface area contributed by atoms with Crippen molar-refractivity contribution in [3.8, 4) is 0 Å². The van der Waals surface area contributed by atoms with Gasteiger partial charge >= 0.3 is 12.1 Å². The van der Waals surface area contributed by atoms with E-state index in [4.69, 9.17) is 9.47 Å². The van der Waals surface area contributed by atoms with E-state index in [1.165, 1.54) is 12.8 Å². The highest BCUT2D eigenvalue weighted by Crippen LogP contribution is 2.22. The van der Waals surface area contributed by atoms with Gasteiger partial charge in [-0.25, -0.2) is 4.79 Å². The van der Waals surface area contributed by atoms with Crippen LogP contribution in [0.4, 0.5) is 4.79 Å². The van der Waals surface area contributed by atoms with Gasteiger partial charge in [0.15, 0.2) is 6.10 Å². The Bertz CT molecular complexity index is 541. The van der Waals surface area contributed by atoms with Crippen molar-refractivity contribution in [2.24, 2.45) is 5.92 Å². The molecule has 0 aromatic heterocycles. The summed E-state index contributed by atoms with van der Waals surface area (Å²) in [6, 6.07) is 0.188. The molecule has 1 aliphatic carbocycles. The van der Waals surface area contributed by atoms with Gasteiger partial charge in [-0.1, -0.05) is 25.7 Å². The van der Waals surface area contributed by atoms with Crippen molar-refractivity contribution in [3.63, 3.8) is 0 Å². The molecule has 2 rings (SSSR count). The second kappa shape index (κ2) is 10.1. The van der Waals surface area contributed by atoms with E-state index in [0.717, 1.165) is 25.7 Å². The fourth-order valence-corrected chi connectivity index (χ4v) is 3.69. The lowest BCUT2D eigenvalue weighted by Gasteiger charge is -2.33. The van der Waals surface area contributed by atoms with Crippen LogP contribution >= 0.6 is 0 Å². The molecule has 0 aromatic rings. The average Bonchev–Trinajstić information content (AvgIpc) is 2.89. The van der Waals surface area contributed by atoms with Gasteiger partial charge in [0.2, 0.25) is 0 Å². The van der Waals surface area contributed by atoms with Crippen molar-refractivity contribution < 1.29 is 23.9 Å². The van der Waals surface area contributed by atoms with Crippen LogP contribution in [0.25, 0.3) is 0 Å². The molecule has 1 N–H and O–H groups in total. The van der Waals surface area contributed by atoms with Crippen molar-refractivity contribution in [2.45, 2.75) is 96.8 Å². The van der Waals surface area contributed by atoms with E-state index in [2.05, 4.69) is 5.32 Å². The number of amides is 2. The van der Waals surface area contributed by atoms with Crippen LogP contribution in [0, 0.1) is 5.92 Å². The van der Waals surface area contributed by atoms with Gasteiger partial charge in [0.1, 0.15) is 5.60 Å². The number of hydrogen-bond acceptors (Lipinski definition) is 5. The molecule has 160 valence electrons. The Kier molecular flexibility index (Phi) is 8.13. The first-order valence-corrected chi connectivity index (χ1v) is 10.6. The van der Waals surface area contributed by atoms with Gasteiger partial charge in [0.25, 0.3) is 5.91 Å². The van der Waals surface area contributed by atoms with E-state index in [-0.39, 0.29) is 29.9 Å². The van der Waals surface area contributed by atoms with Gasteiger partial charge in [0.05, 0.1) is 5.92 Å². The van der Waals surface area contributed by atoms with Gasteiger partial charge < -0.3 is 19.7 Å². The number of piperidine rings is 1. The maximum atomic E-state index is 12.4. The van der Waals surface area contributed by atoms with Crippen molar-refractivity contribution >= 4 is 18.0 Å². The Labute approximate surface area is 168 Å². The van der Waals surface area contributed by atoms with Crippen LogP contribution in [0.1, 0.15) is 79.1 Å². The van der Waals surface area contributed by atoms with Crippen molar-refractivity contribution in [2.75, 3.05) is 13.1 Å². The van der Waals surface area contributed by atoms with E-state index >= 15 is 0 Å². The lowest BCUT2D eigenvalue weighted by Crippen LogP contribution is -2.45. The van der Waals surface area contributed by atoms with Crippen LogP contribution < -0.4 is 5.32 Å². The van der Waals surface area contributed by atoms with E-state index in [0.29, 0.717) is 25.9 Å². The monoisotopic (exact) mass is 396 g/mol. The lowest BCUT2D eigenvalue weighted by atomic mass is 9.97. The normalized spacial score (nSPS) is 20.8. The lowest BCUT2D eigenvalue weighted by molar-refractivity contribution is -0.160. The standard InChI is InChI=1S/C21H36N2O5/c1-15(18(24)22-17-9-7-5-6-8-10-17)27-19(25)16-11-13-23(14-12-16)20(26)28-21(2,3)4/h15-17H,5-14H2,1-4H3,(H,22,24)/t15-/m1/s1. The summed E-state index contributed by atoms with van der Waals surface area (Å²) in [6.45, 7) is 8.03. The molecule has 1 atom stereocenters. The maximum Gasteiger partial charge on any atom is 0.410 e. The molecule has 0 aromatic carbocycles. The highest BCUT2D eigenvalue weighted by atomic mass is 16.6. The summed E-state index contributed by atoms with van der Waals surface area (Å²) in [5.41, 5.74) is -0.535. The van der Waals surface area contributed by atoms with Crippen LogP contribution in [0.15, 0.2) is 0 Å². The van der Waals surface area contributed by atoms with Crippen molar-refractivity contribution in [1.29, 1.82) is 0 Å². The first-order chi connectivity index (χ1) is 13.2. The summed E-state index contributed by atoms with van der Waals surface area (Å²) in [5.74, 6) is -0.856. The molecule has 1 aliphatic heterocycles. The molecule has 0 unspecified atom stereocenters. The predicted molar refractivity (Wildman–Crippen MR) is 106 cm³/mol. The Morgan fingerprint density at radius 3 is 2.07 bits per heavy atom. The molecule has 1 saturated carbocycles. The molecular weight excluding hydrogens is 360 g/mol. The SMILES string of the molecule is C[C@@H](OC(=O)C1CCN(C(=O)OC(C)(C)C)CC1)C(=O)NC1CCCCCC1. The van der Waals surface area contributed by atoms with Gasteiger partial charge in [-0.2, -0.15) is 0 Å². The second-order valence-corrected chi connectivity index (χ2v) is 9.02. The Balaban J connectivity index is 1.74.